The van der Waals surface area contributed by atoms with E-state index >= 15 is 0 Å². The molecule has 0 aromatic heterocycles. The van der Waals surface area contributed by atoms with Gasteiger partial charge in [-0.05, 0) is 58.0 Å². The third-order valence-electron chi connectivity index (χ3n) is 4.11. The molecule has 1 amide bonds. The Kier molecular flexibility index (Phi) is 4.22. The van der Waals surface area contributed by atoms with Gasteiger partial charge < -0.3 is 10.2 Å². The minimum Gasteiger partial charge on any atom is -0.340 e. The summed E-state index contributed by atoms with van der Waals surface area (Å²) in [5.41, 5.74) is 0. The van der Waals surface area contributed by atoms with E-state index in [4.69, 9.17) is 0 Å². The van der Waals surface area contributed by atoms with E-state index in [0.29, 0.717) is 11.9 Å². The summed E-state index contributed by atoms with van der Waals surface area (Å²) in [6.45, 7) is 5.25. The van der Waals surface area contributed by atoms with E-state index in [0.717, 1.165) is 38.4 Å². The van der Waals surface area contributed by atoms with Gasteiger partial charge in [-0.15, -0.1) is 0 Å². The van der Waals surface area contributed by atoms with Crippen LogP contribution in [0, 0.1) is 5.92 Å². The second kappa shape index (κ2) is 5.67. The first-order chi connectivity index (χ1) is 7.81. The molecule has 2 rings (SSSR count). The van der Waals surface area contributed by atoms with Gasteiger partial charge in [-0.3, -0.25) is 4.79 Å². The van der Waals surface area contributed by atoms with Crippen molar-refractivity contribution in [2.75, 3.05) is 19.6 Å². The minimum atomic E-state index is 0.388. The van der Waals surface area contributed by atoms with Crippen LogP contribution in [-0.2, 0) is 4.79 Å². The molecule has 1 aliphatic carbocycles. The highest BCUT2D eigenvalue weighted by Gasteiger charge is 2.27. The number of hydrogen-bond acceptors (Lipinski definition) is 2. The molecule has 0 aromatic rings. The van der Waals surface area contributed by atoms with E-state index in [-0.39, 0.29) is 0 Å². The summed E-state index contributed by atoms with van der Waals surface area (Å²) >= 11 is 0. The first-order valence-corrected chi connectivity index (χ1v) is 6.81. The molecule has 3 nitrogen and oxygen atoms in total. The number of amides is 1. The largest absolute Gasteiger partial charge is 0.340 e. The van der Waals surface area contributed by atoms with Crippen molar-refractivity contribution in [3.05, 3.63) is 0 Å². The molecular formula is C13H24N2O. The normalized spacial score (nSPS) is 25.4. The van der Waals surface area contributed by atoms with Crippen molar-refractivity contribution in [3.8, 4) is 0 Å². The zero-order chi connectivity index (χ0) is 11.4. The van der Waals surface area contributed by atoms with Gasteiger partial charge in [0.1, 0.15) is 0 Å². The summed E-state index contributed by atoms with van der Waals surface area (Å²) in [7, 11) is 0. The van der Waals surface area contributed by atoms with Crippen LogP contribution >= 0.6 is 0 Å². The molecule has 1 saturated carbocycles. The monoisotopic (exact) mass is 224 g/mol. The van der Waals surface area contributed by atoms with Crippen LogP contribution in [0.2, 0.25) is 0 Å². The molecule has 1 N–H and O–H groups in total. The first kappa shape index (κ1) is 11.9. The highest BCUT2D eigenvalue weighted by molar-refractivity contribution is 5.76. The average Bonchev–Trinajstić information content (AvgIpc) is 2.72. The molecule has 1 atom stereocenters. The van der Waals surface area contributed by atoms with Crippen LogP contribution in [-0.4, -0.2) is 36.5 Å². The Labute approximate surface area is 98.6 Å². The van der Waals surface area contributed by atoms with Crippen molar-refractivity contribution in [1.29, 1.82) is 0 Å². The van der Waals surface area contributed by atoms with E-state index in [2.05, 4.69) is 17.1 Å². The smallest absolute Gasteiger partial charge is 0.222 e. The lowest BCUT2D eigenvalue weighted by atomic mass is 9.91. The predicted molar refractivity (Wildman–Crippen MR) is 65.2 cm³/mol. The van der Waals surface area contributed by atoms with Crippen LogP contribution < -0.4 is 5.32 Å². The molecule has 3 heteroatoms. The third-order valence-corrected chi connectivity index (χ3v) is 4.11. The van der Waals surface area contributed by atoms with Crippen molar-refractivity contribution < 1.29 is 4.79 Å². The summed E-state index contributed by atoms with van der Waals surface area (Å²) in [6, 6.07) is 0.569. The summed E-state index contributed by atoms with van der Waals surface area (Å²) in [4.78, 5) is 14.2. The predicted octanol–water partition coefficient (Wildman–Crippen LogP) is 1.78. The molecule has 1 heterocycles. The molecule has 16 heavy (non-hydrogen) atoms. The van der Waals surface area contributed by atoms with Crippen molar-refractivity contribution in [2.45, 2.75) is 51.5 Å². The molecule has 1 unspecified atom stereocenters. The maximum Gasteiger partial charge on any atom is 0.222 e. The maximum atomic E-state index is 12.1. The SMILES string of the molecule is CCN(C(=O)CCC1CCNC1)C1CCC1. The van der Waals surface area contributed by atoms with E-state index in [1.807, 2.05) is 0 Å². The van der Waals surface area contributed by atoms with Crippen LogP contribution in [0.1, 0.15) is 45.4 Å². The Bertz CT molecular complexity index is 232. The highest BCUT2D eigenvalue weighted by Crippen LogP contribution is 2.26. The molecule has 0 aromatic carbocycles. The van der Waals surface area contributed by atoms with E-state index in [9.17, 15) is 4.79 Å². The van der Waals surface area contributed by atoms with Crippen LogP contribution in [0.15, 0.2) is 0 Å². The van der Waals surface area contributed by atoms with Gasteiger partial charge in [-0.1, -0.05) is 0 Å². The van der Waals surface area contributed by atoms with Crippen molar-refractivity contribution in [1.82, 2.24) is 10.2 Å². The highest BCUT2D eigenvalue weighted by atomic mass is 16.2. The summed E-state index contributed by atoms with van der Waals surface area (Å²) in [5, 5.41) is 3.36. The van der Waals surface area contributed by atoms with Crippen LogP contribution in [0.3, 0.4) is 0 Å². The van der Waals surface area contributed by atoms with Crippen LogP contribution in [0.25, 0.3) is 0 Å². The van der Waals surface area contributed by atoms with Gasteiger partial charge in [0.15, 0.2) is 0 Å². The molecule has 0 bridgehead atoms. The zero-order valence-corrected chi connectivity index (χ0v) is 10.4. The molecule has 0 spiro atoms. The quantitative estimate of drug-likeness (QED) is 0.772. The first-order valence-electron chi connectivity index (χ1n) is 6.81. The van der Waals surface area contributed by atoms with Crippen molar-refractivity contribution >= 4 is 5.91 Å². The Morgan fingerprint density at radius 1 is 1.38 bits per heavy atom. The average molecular weight is 224 g/mol. The zero-order valence-electron chi connectivity index (χ0n) is 10.4. The van der Waals surface area contributed by atoms with Crippen molar-refractivity contribution in [3.63, 3.8) is 0 Å². The van der Waals surface area contributed by atoms with Gasteiger partial charge in [0, 0.05) is 19.0 Å². The van der Waals surface area contributed by atoms with Gasteiger partial charge in [0.2, 0.25) is 5.91 Å². The fourth-order valence-electron chi connectivity index (χ4n) is 2.77. The lowest BCUT2D eigenvalue weighted by Gasteiger charge is -2.37. The molecule has 92 valence electrons. The fourth-order valence-corrected chi connectivity index (χ4v) is 2.77. The fraction of sp³-hybridized carbons (Fsp3) is 0.923. The third kappa shape index (κ3) is 2.76. The number of hydrogen-bond donors (Lipinski definition) is 1. The summed E-state index contributed by atoms with van der Waals surface area (Å²) in [6.07, 6.45) is 6.85. The van der Waals surface area contributed by atoms with E-state index in [1.165, 1.54) is 25.7 Å². The molecule has 0 radical (unpaired) electrons. The Morgan fingerprint density at radius 2 is 2.19 bits per heavy atom. The number of rotatable bonds is 5. The molecule has 1 aliphatic heterocycles. The maximum absolute atomic E-state index is 12.1. The topological polar surface area (TPSA) is 32.3 Å². The number of carbonyl (C=O) groups excluding carboxylic acids is 1. The Balaban J connectivity index is 1.72. The minimum absolute atomic E-state index is 0.388. The second-order valence-electron chi connectivity index (χ2n) is 5.16. The molecular weight excluding hydrogens is 200 g/mol. The summed E-state index contributed by atoms with van der Waals surface area (Å²) in [5.74, 6) is 1.13. The summed E-state index contributed by atoms with van der Waals surface area (Å²) < 4.78 is 0. The molecule has 1 saturated heterocycles. The van der Waals surface area contributed by atoms with Crippen LogP contribution in [0.4, 0.5) is 0 Å². The number of nitrogens with one attached hydrogen (secondary N) is 1. The van der Waals surface area contributed by atoms with E-state index in [1.54, 1.807) is 0 Å². The lowest BCUT2D eigenvalue weighted by molar-refractivity contribution is -0.135. The molecule has 2 fully saturated rings. The Morgan fingerprint density at radius 3 is 2.69 bits per heavy atom. The van der Waals surface area contributed by atoms with E-state index < -0.39 is 0 Å². The van der Waals surface area contributed by atoms with Gasteiger partial charge >= 0.3 is 0 Å². The number of carbonyl (C=O) groups is 1. The van der Waals surface area contributed by atoms with Gasteiger partial charge in [-0.2, -0.15) is 0 Å². The van der Waals surface area contributed by atoms with Gasteiger partial charge in [0.05, 0.1) is 0 Å². The van der Waals surface area contributed by atoms with Crippen molar-refractivity contribution in [2.24, 2.45) is 5.92 Å². The second-order valence-corrected chi connectivity index (χ2v) is 5.16. The molecule has 2 aliphatic rings. The Hall–Kier alpha value is -0.570. The standard InChI is InChI=1S/C13H24N2O/c1-2-15(12-4-3-5-12)13(16)7-6-11-8-9-14-10-11/h11-12,14H,2-10H2,1H3. The van der Waals surface area contributed by atoms with Gasteiger partial charge in [0.25, 0.3) is 0 Å². The van der Waals surface area contributed by atoms with Crippen LogP contribution in [0.5, 0.6) is 0 Å². The number of nitrogens with zero attached hydrogens (tertiary/aromatic N) is 1. The van der Waals surface area contributed by atoms with Gasteiger partial charge in [-0.25, -0.2) is 0 Å². The lowest BCUT2D eigenvalue weighted by Crippen LogP contribution is -2.44.